The smallest absolute Gasteiger partial charge is 0.327 e. The molecule has 94 valence electrons. The fourth-order valence-electron chi connectivity index (χ4n) is 1.77. The number of nitrogens with zero attached hydrogens (tertiary/aromatic N) is 3. The fraction of sp³-hybridized carbons (Fsp3) is 0.250. The molecule has 0 aliphatic carbocycles. The van der Waals surface area contributed by atoms with Crippen LogP contribution in [0.4, 0.5) is 0 Å². The van der Waals surface area contributed by atoms with Gasteiger partial charge in [0.2, 0.25) is 10.6 Å². The van der Waals surface area contributed by atoms with Gasteiger partial charge >= 0.3 is 6.01 Å². The number of aromatic nitrogens is 3. The highest BCUT2D eigenvalue weighted by Crippen LogP contribution is 2.28. The van der Waals surface area contributed by atoms with Crippen molar-refractivity contribution in [2.75, 3.05) is 0 Å². The van der Waals surface area contributed by atoms with Gasteiger partial charge in [-0.05, 0) is 55.1 Å². The Morgan fingerprint density at radius 1 is 0.889 bits per heavy atom. The lowest BCUT2D eigenvalue weighted by molar-refractivity contribution is 0.433. The summed E-state index contributed by atoms with van der Waals surface area (Å²) in [7, 11) is 0. The third kappa shape index (κ3) is 2.89. The number of halogens is 2. The van der Waals surface area contributed by atoms with Gasteiger partial charge < -0.3 is 4.74 Å². The standard InChI is InChI=1S/C12H11Cl2N3O/c1-6-4-7(2)9(8(3)5-6)18-12-16-10(13)15-11(14)17-12/h4-5H,1-3H3. The normalized spacial score (nSPS) is 10.5. The van der Waals surface area contributed by atoms with Crippen molar-refractivity contribution in [1.82, 2.24) is 15.0 Å². The zero-order valence-electron chi connectivity index (χ0n) is 10.2. The molecule has 0 saturated heterocycles. The lowest BCUT2D eigenvalue weighted by Crippen LogP contribution is -1.98. The van der Waals surface area contributed by atoms with Gasteiger partial charge in [-0.3, -0.25) is 0 Å². The Bertz CT molecular complexity index is 559. The van der Waals surface area contributed by atoms with Crippen LogP contribution in [0.25, 0.3) is 0 Å². The molecule has 18 heavy (non-hydrogen) atoms. The summed E-state index contributed by atoms with van der Waals surface area (Å²) >= 11 is 11.4. The largest absolute Gasteiger partial charge is 0.424 e. The highest BCUT2D eigenvalue weighted by molar-refractivity contribution is 6.31. The average Bonchev–Trinajstić information content (AvgIpc) is 2.22. The minimum Gasteiger partial charge on any atom is -0.424 e. The highest BCUT2D eigenvalue weighted by Gasteiger charge is 2.10. The molecule has 0 unspecified atom stereocenters. The van der Waals surface area contributed by atoms with Crippen LogP contribution in [0.15, 0.2) is 12.1 Å². The SMILES string of the molecule is Cc1cc(C)c(Oc2nc(Cl)nc(Cl)n2)c(C)c1. The van der Waals surface area contributed by atoms with E-state index < -0.39 is 0 Å². The Morgan fingerprint density at radius 2 is 1.39 bits per heavy atom. The number of ether oxygens (including phenoxy) is 1. The number of hydrogen-bond acceptors (Lipinski definition) is 4. The van der Waals surface area contributed by atoms with Crippen LogP contribution in [-0.4, -0.2) is 15.0 Å². The first-order valence-corrected chi connectivity index (χ1v) is 6.04. The van der Waals surface area contributed by atoms with Crippen molar-refractivity contribution in [3.8, 4) is 11.8 Å². The summed E-state index contributed by atoms with van der Waals surface area (Å²) in [4.78, 5) is 11.4. The van der Waals surface area contributed by atoms with Crippen LogP contribution in [0.3, 0.4) is 0 Å². The second kappa shape index (κ2) is 5.08. The highest BCUT2D eigenvalue weighted by atomic mass is 35.5. The fourth-order valence-corrected chi connectivity index (χ4v) is 2.12. The Labute approximate surface area is 115 Å². The molecular weight excluding hydrogens is 273 g/mol. The van der Waals surface area contributed by atoms with Gasteiger partial charge in [0, 0.05) is 0 Å². The van der Waals surface area contributed by atoms with Crippen molar-refractivity contribution in [3.63, 3.8) is 0 Å². The first-order valence-electron chi connectivity index (χ1n) is 5.28. The van der Waals surface area contributed by atoms with Crippen LogP contribution in [0, 0.1) is 20.8 Å². The zero-order valence-corrected chi connectivity index (χ0v) is 11.7. The van der Waals surface area contributed by atoms with Gasteiger partial charge in [-0.1, -0.05) is 17.7 Å². The first kappa shape index (κ1) is 13.1. The van der Waals surface area contributed by atoms with E-state index in [4.69, 9.17) is 27.9 Å². The Balaban J connectivity index is 2.40. The van der Waals surface area contributed by atoms with Crippen molar-refractivity contribution in [2.24, 2.45) is 0 Å². The van der Waals surface area contributed by atoms with Crippen molar-refractivity contribution in [3.05, 3.63) is 39.4 Å². The number of benzene rings is 1. The van der Waals surface area contributed by atoms with Crippen LogP contribution in [0.2, 0.25) is 10.6 Å². The molecule has 2 aromatic rings. The molecule has 0 aliphatic rings. The van der Waals surface area contributed by atoms with E-state index in [1.165, 1.54) is 5.56 Å². The molecule has 0 saturated carbocycles. The average molecular weight is 284 g/mol. The van der Waals surface area contributed by atoms with Gasteiger partial charge in [0.05, 0.1) is 0 Å². The van der Waals surface area contributed by atoms with Gasteiger partial charge in [0.15, 0.2) is 0 Å². The topological polar surface area (TPSA) is 47.9 Å². The van der Waals surface area contributed by atoms with Gasteiger partial charge in [-0.25, -0.2) is 0 Å². The van der Waals surface area contributed by atoms with Crippen molar-refractivity contribution in [1.29, 1.82) is 0 Å². The Morgan fingerprint density at radius 3 is 1.89 bits per heavy atom. The predicted molar refractivity (Wildman–Crippen MR) is 70.6 cm³/mol. The van der Waals surface area contributed by atoms with Crippen LogP contribution in [0.1, 0.15) is 16.7 Å². The summed E-state index contributed by atoms with van der Waals surface area (Å²) in [6.07, 6.45) is 0. The molecule has 0 bridgehead atoms. The molecule has 0 N–H and O–H groups in total. The summed E-state index contributed by atoms with van der Waals surface area (Å²) in [5.41, 5.74) is 3.17. The van der Waals surface area contributed by atoms with Crippen molar-refractivity contribution < 1.29 is 4.74 Å². The van der Waals surface area contributed by atoms with E-state index in [9.17, 15) is 0 Å². The molecule has 2 rings (SSSR count). The lowest BCUT2D eigenvalue weighted by atomic mass is 10.1. The van der Waals surface area contributed by atoms with E-state index >= 15 is 0 Å². The maximum atomic E-state index is 5.69. The van der Waals surface area contributed by atoms with Gasteiger partial charge in [0.1, 0.15) is 5.75 Å². The molecule has 0 amide bonds. The van der Waals surface area contributed by atoms with Gasteiger partial charge in [0.25, 0.3) is 0 Å². The van der Waals surface area contributed by atoms with Crippen LogP contribution in [-0.2, 0) is 0 Å². The van der Waals surface area contributed by atoms with Crippen LogP contribution < -0.4 is 4.74 Å². The molecule has 0 fully saturated rings. The van der Waals surface area contributed by atoms with Crippen LogP contribution in [0.5, 0.6) is 11.8 Å². The van der Waals surface area contributed by atoms with Gasteiger partial charge in [-0.15, -0.1) is 0 Å². The molecule has 0 atom stereocenters. The monoisotopic (exact) mass is 283 g/mol. The molecule has 0 aliphatic heterocycles. The van der Waals surface area contributed by atoms with E-state index in [-0.39, 0.29) is 16.6 Å². The minimum atomic E-state index is 0.00687. The molecule has 1 aromatic carbocycles. The zero-order chi connectivity index (χ0) is 13.3. The van der Waals surface area contributed by atoms with Gasteiger partial charge in [-0.2, -0.15) is 15.0 Å². The van der Waals surface area contributed by atoms with E-state index in [0.29, 0.717) is 5.75 Å². The maximum Gasteiger partial charge on any atom is 0.327 e. The molecule has 0 radical (unpaired) electrons. The van der Waals surface area contributed by atoms with Crippen molar-refractivity contribution in [2.45, 2.75) is 20.8 Å². The Kier molecular flexibility index (Phi) is 3.68. The number of hydrogen-bond donors (Lipinski definition) is 0. The van der Waals surface area contributed by atoms with E-state index in [1.54, 1.807) is 0 Å². The molecular formula is C12H11Cl2N3O. The number of rotatable bonds is 2. The lowest BCUT2D eigenvalue weighted by Gasteiger charge is -2.11. The summed E-state index contributed by atoms with van der Waals surface area (Å²) in [6, 6.07) is 4.13. The van der Waals surface area contributed by atoms with E-state index in [1.807, 2.05) is 32.9 Å². The quantitative estimate of drug-likeness (QED) is 0.839. The summed E-state index contributed by atoms with van der Waals surface area (Å²) in [6.45, 7) is 5.94. The predicted octanol–water partition coefficient (Wildman–Crippen LogP) is 3.90. The summed E-state index contributed by atoms with van der Waals surface area (Å²) < 4.78 is 5.63. The third-order valence-corrected chi connectivity index (χ3v) is 2.70. The maximum absolute atomic E-state index is 5.69. The Hall–Kier alpha value is -1.39. The number of aryl methyl sites for hydroxylation is 3. The second-order valence-electron chi connectivity index (χ2n) is 3.99. The minimum absolute atomic E-state index is 0.00687. The van der Waals surface area contributed by atoms with Crippen LogP contribution >= 0.6 is 23.2 Å². The summed E-state index contributed by atoms with van der Waals surface area (Å²) in [5.74, 6) is 0.707. The summed E-state index contributed by atoms with van der Waals surface area (Å²) in [5, 5.41) is 0.0137. The van der Waals surface area contributed by atoms with E-state index in [2.05, 4.69) is 15.0 Å². The molecule has 4 nitrogen and oxygen atoms in total. The van der Waals surface area contributed by atoms with Crippen molar-refractivity contribution >= 4 is 23.2 Å². The molecule has 1 heterocycles. The first-order chi connectivity index (χ1) is 8.45. The third-order valence-electron chi connectivity index (χ3n) is 2.36. The molecule has 0 spiro atoms. The van der Waals surface area contributed by atoms with E-state index in [0.717, 1.165) is 11.1 Å². The molecule has 1 aromatic heterocycles. The second-order valence-corrected chi connectivity index (χ2v) is 4.66. The molecule has 6 heteroatoms.